The van der Waals surface area contributed by atoms with E-state index in [9.17, 15) is 4.79 Å². The smallest absolute Gasteiger partial charge is 0.404 e. The topological polar surface area (TPSA) is 90.6 Å². The van der Waals surface area contributed by atoms with Crippen molar-refractivity contribution in [2.24, 2.45) is 5.73 Å². The van der Waals surface area contributed by atoms with Gasteiger partial charge in [0.05, 0.1) is 22.9 Å². The van der Waals surface area contributed by atoms with Gasteiger partial charge in [0.1, 0.15) is 11.9 Å². The van der Waals surface area contributed by atoms with Crippen LogP contribution in [0.2, 0.25) is 0 Å². The largest absolute Gasteiger partial charge is 0.496 e. The zero-order valence-electron chi connectivity index (χ0n) is 14.9. The second-order valence-corrected chi connectivity index (χ2v) is 7.25. The van der Waals surface area contributed by atoms with Crippen molar-refractivity contribution in [2.75, 3.05) is 25.1 Å². The van der Waals surface area contributed by atoms with Gasteiger partial charge in [0, 0.05) is 25.9 Å². The standard InChI is InChI=1S/C19H20N4O3S/c1-25-15-5-3-2-4-13(15)17-21-14-8-11-27-16(14)18(22-17)23-9-6-12(7-10-23)26-19(20)24/h2-5,8,11-12H,6-7,9-10H2,1H3,(H2,20,24). The number of carbonyl (C=O) groups excluding carboxylic acids is 1. The van der Waals surface area contributed by atoms with Crippen molar-refractivity contribution in [2.45, 2.75) is 18.9 Å². The molecule has 0 atom stereocenters. The third-order valence-corrected chi connectivity index (χ3v) is 5.56. The van der Waals surface area contributed by atoms with Gasteiger partial charge in [-0.1, -0.05) is 12.1 Å². The molecule has 0 saturated carbocycles. The van der Waals surface area contributed by atoms with E-state index in [-0.39, 0.29) is 6.10 Å². The average Bonchev–Trinajstić information content (AvgIpc) is 3.16. The maximum absolute atomic E-state index is 11.0. The number of para-hydroxylation sites is 1. The summed E-state index contributed by atoms with van der Waals surface area (Å²) >= 11 is 1.63. The van der Waals surface area contributed by atoms with Crippen LogP contribution in [0.5, 0.6) is 5.75 Å². The number of methoxy groups -OCH3 is 1. The van der Waals surface area contributed by atoms with Crippen molar-refractivity contribution in [1.82, 2.24) is 9.97 Å². The highest BCUT2D eigenvalue weighted by Gasteiger charge is 2.25. The van der Waals surface area contributed by atoms with Crippen molar-refractivity contribution in [1.29, 1.82) is 0 Å². The number of anilines is 1. The Balaban J connectivity index is 1.69. The van der Waals surface area contributed by atoms with Gasteiger partial charge in [-0.3, -0.25) is 0 Å². The Labute approximate surface area is 160 Å². The van der Waals surface area contributed by atoms with E-state index in [1.165, 1.54) is 0 Å². The van der Waals surface area contributed by atoms with E-state index in [4.69, 9.17) is 25.2 Å². The number of benzene rings is 1. The molecular weight excluding hydrogens is 364 g/mol. The quantitative estimate of drug-likeness (QED) is 0.741. The number of hydrogen-bond donors (Lipinski definition) is 1. The van der Waals surface area contributed by atoms with Crippen LogP contribution in [0.1, 0.15) is 12.8 Å². The lowest BCUT2D eigenvalue weighted by atomic mass is 10.1. The predicted octanol–water partition coefficient (Wildman–Crippen LogP) is 3.43. The summed E-state index contributed by atoms with van der Waals surface area (Å²) in [6, 6.07) is 9.75. The molecule has 3 aromatic rings. The van der Waals surface area contributed by atoms with Crippen molar-refractivity contribution in [3.05, 3.63) is 35.7 Å². The molecular formula is C19H20N4O3S. The number of ether oxygens (including phenoxy) is 2. The van der Waals surface area contributed by atoms with E-state index >= 15 is 0 Å². The zero-order chi connectivity index (χ0) is 18.8. The van der Waals surface area contributed by atoms with E-state index in [2.05, 4.69) is 4.90 Å². The number of nitrogens with two attached hydrogens (primary N) is 1. The number of carbonyl (C=O) groups is 1. The lowest BCUT2D eigenvalue weighted by molar-refractivity contribution is 0.0912. The zero-order valence-corrected chi connectivity index (χ0v) is 15.7. The summed E-state index contributed by atoms with van der Waals surface area (Å²) in [5, 5.41) is 2.03. The van der Waals surface area contributed by atoms with Gasteiger partial charge in [0.15, 0.2) is 11.6 Å². The molecule has 0 unspecified atom stereocenters. The number of thiophene rings is 1. The van der Waals surface area contributed by atoms with Crippen LogP contribution in [-0.2, 0) is 4.74 Å². The van der Waals surface area contributed by atoms with Gasteiger partial charge in [0.25, 0.3) is 0 Å². The molecule has 0 radical (unpaired) electrons. The van der Waals surface area contributed by atoms with Crippen LogP contribution in [0.4, 0.5) is 10.6 Å². The molecule has 0 spiro atoms. The van der Waals surface area contributed by atoms with Crippen molar-refractivity contribution in [3.63, 3.8) is 0 Å². The Kier molecular flexibility index (Phi) is 4.81. The van der Waals surface area contributed by atoms with Gasteiger partial charge in [-0.05, 0) is 23.6 Å². The van der Waals surface area contributed by atoms with Gasteiger partial charge < -0.3 is 20.1 Å². The normalized spacial score (nSPS) is 15.1. The molecule has 1 aliphatic heterocycles. The van der Waals surface area contributed by atoms with E-state index in [1.807, 2.05) is 35.7 Å². The Morgan fingerprint density at radius 3 is 2.74 bits per heavy atom. The molecule has 1 amide bonds. The highest BCUT2D eigenvalue weighted by atomic mass is 32.1. The van der Waals surface area contributed by atoms with Crippen LogP contribution in [0.15, 0.2) is 35.7 Å². The molecule has 7 nitrogen and oxygen atoms in total. The number of piperidine rings is 1. The number of rotatable bonds is 4. The molecule has 3 heterocycles. The molecule has 4 rings (SSSR count). The predicted molar refractivity (Wildman–Crippen MR) is 105 cm³/mol. The van der Waals surface area contributed by atoms with Gasteiger partial charge in [0.2, 0.25) is 0 Å². The SMILES string of the molecule is COc1ccccc1-c1nc(N2CCC(OC(N)=O)CC2)c2sccc2n1. The van der Waals surface area contributed by atoms with E-state index in [0.717, 1.165) is 53.3 Å². The van der Waals surface area contributed by atoms with Crippen LogP contribution in [0, 0.1) is 0 Å². The maximum Gasteiger partial charge on any atom is 0.404 e. The van der Waals surface area contributed by atoms with Crippen molar-refractivity contribution in [3.8, 4) is 17.1 Å². The van der Waals surface area contributed by atoms with E-state index in [1.54, 1.807) is 18.4 Å². The third-order valence-electron chi connectivity index (χ3n) is 4.66. The minimum Gasteiger partial charge on any atom is -0.496 e. The number of nitrogens with zero attached hydrogens (tertiary/aromatic N) is 3. The minimum absolute atomic E-state index is 0.131. The first-order chi connectivity index (χ1) is 13.2. The molecule has 140 valence electrons. The van der Waals surface area contributed by atoms with Crippen LogP contribution < -0.4 is 15.4 Å². The summed E-state index contributed by atoms with van der Waals surface area (Å²) < 4.78 is 11.7. The van der Waals surface area contributed by atoms with E-state index < -0.39 is 6.09 Å². The highest BCUT2D eigenvalue weighted by Crippen LogP contribution is 2.35. The van der Waals surface area contributed by atoms with Crippen LogP contribution >= 0.6 is 11.3 Å². The fraction of sp³-hybridized carbons (Fsp3) is 0.316. The highest BCUT2D eigenvalue weighted by molar-refractivity contribution is 7.17. The molecule has 1 aromatic carbocycles. The lowest BCUT2D eigenvalue weighted by Crippen LogP contribution is -2.39. The molecule has 0 aliphatic carbocycles. The fourth-order valence-electron chi connectivity index (χ4n) is 3.36. The monoisotopic (exact) mass is 384 g/mol. The first kappa shape index (κ1) is 17.5. The summed E-state index contributed by atoms with van der Waals surface area (Å²) in [7, 11) is 1.65. The minimum atomic E-state index is -0.713. The number of aromatic nitrogens is 2. The third kappa shape index (κ3) is 3.52. The summed E-state index contributed by atoms with van der Waals surface area (Å²) in [6.45, 7) is 1.49. The fourth-order valence-corrected chi connectivity index (χ4v) is 4.21. The lowest BCUT2D eigenvalue weighted by Gasteiger charge is -2.32. The molecule has 2 aromatic heterocycles. The molecule has 8 heteroatoms. The molecule has 2 N–H and O–H groups in total. The summed E-state index contributed by atoms with van der Waals surface area (Å²) in [5.74, 6) is 2.30. The number of hydrogen-bond acceptors (Lipinski definition) is 7. The molecule has 1 aliphatic rings. The van der Waals surface area contributed by atoms with Crippen LogP contribution in [0.25, 0.3) is 21.6 Å². The number of primary amides is 1. The molecule has 1 fully saturated rings. The Bertz CT molecular complexity index is 966. The number of fused-ring (bicyclic) bond motifs is 1. The average molecular weight is 384 g/mol. The summed E-state index contributed by atoms with van der Waals surface area (Å²) in [6.07, 6.45) is 0.607. The van der Waals surface area contributed by atoms with Gasteiger partial charge in [-0.2, -0.15) is 0 Å². The first-order valence-corrected chi connectivity index (χ1v) is 9.63. The van der Waals surface area contributed by atoms with Gasteiger partial charge in [-0.25, -0.2) is 14.8 Å². The number of amides is 1. The van der Waals surface area contributed by atoms with Crippen LogP contribution in [0.3, 0.4) is 0 Å². The van der Waals surface area contributed by atoms with Crippen molar-refractivity contribution < 1.29 is 14.3 Å². The Morgan fingerprint density at radius 1 is 1.22 bits per heavy atom. The molecule has 1 saturated heterocycles. The van der Waals surface area contributed by atoms with Gasteiger partial charge in [-0.15, -0.1) is 11.3 Å². The second-order valence-electron chi connectivity index (χ2n) is 6.33. The van der Waals surface area contributed by atoms with Crippen molar-refractivity contribution >= 4 is 33.5 Å². The Hall–Kier alpha value is -2.87. The summed E-state index contributed by atoms with van der Waals surface area (Å²) in [5.41, 5.74) is 6.92. The second kappa shape index (κ2) is 7.40. The molecule has 27 heavy (non-hydrogen) atoms. The maximum atomic E-state index is 11.0. The molecule has 0 bridgehead atoms. The first-order valence-electron chi connectivity index (χ1n) is 8.75. The van der Waals surface area contributed by atoms with Gasteiger partial charge >= 0.3 is 6.09 Å². The van der Waals surface area contributed by atoms with Crippen LogP contribution in [-0.4, -0.2) is 42.4 Å². The van der Waals surface area contributed by atoms with E-state index in [0.29, 0.717) is 5.82 Å². The Morgan fingerprint density at radius 2 is 2.00 bits per heavy atom. The summed E-state index contributed by atoms with van der Waals surface area (Å²) in [4.78, 5) is 22.8.